The first kappa shape index (κ1) is 12.1. The molecule has 1 saturated heterocycles. The maximum absolute atomic E-state index is 11.8. The predicted molar refractivity (Wildman–Crippen MR) is 70.1 cm³/mol. The van der Waals surface area contributed by atoms with Crippen LogP contribution < -0.4 is 5.32 Å². The van der Waals surface area contributed by atoms with Crippen LogP contribution in [0.3, 0.4) is 0 Å². The highest BCUT2D eigenvalue weighted by Gasteiger charge is 2.14. The first-order valence-corrected chi connectivity index (χ1v) is 6.39. The Kier molecular flexibility index (Phi) is 4.15. The smallest absolute Gasteiger partial charge is 0.238 e. The van der Waals surface area contributed by atoms with Crippen LogP contribution in [0, 0.1) is 0 Å². The largest absolute Gasteiger partial charge is 0.325 e. The Labute approximate surface area is 103 Å². The zero-order chi connectivity index (χ0) is 12.1. The highest BCUT2D eigenvalue weighted by atomic mass is 16.2. The molecule has 1 aromatic carbocycles. The molecule has 1 heterocycles. The summed E-state index contributed by atoms with van der Waals surface area (Å²) in [5.74, 6) is 0.0937. The molecule has 2 rings (SSSR count). The van der Waals surface area contributed by atoms with Crippen molar-refractivity contribution in [1.29, 1.82) is 0 Å². The van der Waals surface area contributed by atoms with E-state index in [1.165, 1.54) is 18.4 Å². The molecule has 0 radical (unpaired) electrons. The van der Waals surface area contributed by atoms with Crippen LogP contribution in [0.5, 0.6) is 0 Å². The van der Waals surface area contributed by atoms with Gasteiger partial charge in [-0.05, 0) is 50.0 Å². The molecule has 1 aliphatic rings. The number of hydrogen-bond donors (Lipinski definition) is 1. The molecule has 0 aromatic heterocycles. The molecule has 1 amide bonds. The lowest BCUT2D eigenvalue weighted by Crippen LogP contribution is -2.30. The number of nitrogens with one attached hydrogen (secondary N) is 1. The first-order chi connectivity index (χ1) is 8.28. The van der Waals surface area contributed by atoms with Crippen molar-refractivity contribution in [2.24, 2.45) is 0 Å². The summed E-state index contributed by atoms with van der Waals surface area (Å²) in [4.78, 5) is 14.0. The van der Waals surface area contributed by atoms with Gasteiger partial charge in [-0.25, -0.2) is 0 Å². The van der Waals surface area contributed by atoms with Gasteiger partial charge in [0.1, 0.15) is 0 Å². The summed E-state index contributed by atoms with van der Waals surface area (Å²) in [7, 11) is 0. The lowest BCUT2D eigenvalue weighted by Gasteiger charge is -2.14. The average Bonchev–Trinajstić information content (AvgIpc) is 2.82. The molecule has 0 bridgehead atoms. The summed E-state index contributed by atoms with van der Waals surface area (Å²) < 4.78 is 0. The zero-order valence-electron chi connectivity index (χ0n) is 10.4. The second kappa shape index (κ2) is 5.82. The number of carbonyl (C=O) groups is 1. The van der Waals surface area contributed by atoms with Crippen molar-refractivity contribution in [3.63, 3.8) is 0 Å². The summed E-state index contributed by atoms with van der Waals surface area (Å²) in [5.41, 5.74) is 2.19. The molecule has 1 fully saturated rings. The third-order valence-electron chi connectivity index (χ3n) is 3.21. The summed E-state index contributed by atoms with van der Waals surface area (Å²) in [6.45, 7) is 4.76. The Bertz CT molecular complexity index is 366. The summed E-state index contributed by atoms with van der Waals surface area (Å²) >= 11 is 0. The Morgan fingerprint density at radius 3 is 2.47 bits per heavy atom. The molecule has 1 aromatic rings. The van der Waals surface area contributed by atoms with Gasteiger partial charge in [0, 0.05) is 5.69 Å². The number of aryl methyl sites for hydroxylation is 1. The van der Waals surface area contributed by atoms with E-state index in [9.17, 15) is 4.79 Å². The highest BCUT2D eigenvalue weighted by molar-refractivity contribution is 5.92. The molecule has 1 aliphatic heterocycles. The first-order valence-electron chi connectivity index (χ1n) is 6.39. The summed E-state index contributed by atoms with van der Waals surface area (Å²) in [6, 6.07) is 8.07. The second-order valence-electron chi connectivity index (χ2n) is 4.58. The molecule has 0 spiro atoms. The van der Waals surface area contributed by atoms with Crippen molar-refractivity contribution < 1.29 is 4.79 Å². The average molecular weight is 232 g/mol. The standard InChI is InChI=1S/C14H20N2O/c1-2-12-5-7-13(8-6-12)15-14(17)11-16-9-3-4-10-16/h5-8H,2-4,9-11H2,1H3,(H,15,17). The Balaban J connectivity index is 1.84. The van der Waals surface area contributed by atoms with Crippen molar-refractivity contribution >= 4 is 11.6 Å². The predicted octanol–water partition coefficient (Wildman–Crippen LogP) is 2.28. The van der Waals surface area contributed by atoms with Crippen molar-refractivity contribution in [3.8, 4) is 0 Å². The van der Waals surface area contributed by atoms with E-state index in [4.69, 9.17) is 0 Å². The molecule has 92 valence electrons. The van der Waals surface area contributed by atoms with E-state index >= 15 is 0 Å². The Hall–Kier alpha value is -1.35. The van der Waals surface area contributed by atoms with Crippen LogP contribution in [0.4, 0.5) is 5.69 Å². The minimum atomic E-state index is 0.0937. The number of rotatable bonds is 4. The maximum Gasteiger partial charge on any atom is 0.238 e. The third-order valence-corrected chi connectivity index (χ3v) is 3.21. The van der Waals surface area contributed by atoms with Crippen molar-refractivity contribution in [2.45, 2.75) is 26.2 Å². The van der Waals surface area contributed by atoms with Crippen LogP contribution in [0.25, 0.3) is 0 Å². The van der Waals surface area contributed by atoms with Gasteiger partial charge in [0.05, 0.1) is 6.54 Å². The quantitative estimate of drug-likeness (QED) is 0.863. The summed E-state index contributed by atoms with van der Waals surface area (Å²) in [5, 5.41) is 2.94. The van der Waals surface area contributed by atoms with Gasteiger partial charge in [-0.15, -0.1) is 0 Å². The molecule has 17 heavy (non-hydrogen) atoms. The van der Waals surface area contributed by atoms with Gasteiger partial charge < -0.3 is 5.32 Å². The van der Waals surface area contributed by atoms with E-state index < -0.39 is 0 Å². The van der Waals surface area contributed by atoms with Crippen molar-refractivity contribution in [3.05, 3.63) is 29.8 Å². The Morgan fingerprint density at radius 1 is 1.24 bits per heavy atom. The van der Waals surface area contributed by atoms with Crippen LogP contribution in [0.2, 0.25) is 0 Å². The molecule has 0 saturated carbocycles. The minimum absolute atomic E-state index is 0.0937. The van der Waals surface area contributed by atoms with Crippen LogP contribution in [-0.2, 0) is 11.2 Å². The molecule has 0 atom stereocenters. The lowest BCUT2D eigenvalue weighted by molar-refractivity contribution is -0.117. The minimum Gasteiger partial charge on any atom is -0.325 e. The number of nitrogens with zero attached hydrogens (tertiary/aromatic N) is 1. The second-order valence-corrected chi connectivity index (χ2v) is 4.58. The highest BCUT2D eigenvalue weighted by Crippen LogP contribution is 2.11. The number of anilines is 1. The van der Waals surface area contributed by atoms with E-state index in [1.54, 1.807) is 0 Å². The van der Waals surface area contributed by atoms with E-state index in [0.29, 0.717) is 6.54 Å². The lowest BCUT2D eigenvalue weighted by atomic mass is 10.1. The van der Waals surface area contributed by atoms with E-state index in [1.807, 2.05) is 12.1 Å². The third kappa shape index (κ3) is 3.56. The van der Waals surface area contributed by atoms with E-state index in [2.05, 4.69) is 29.3 Å². The van der Waals surface area contributed by atoms with Crippen molar-refractivity contribution in [1.82, 2.24) is 4.90 Å². The topological polar surface area (TPSA) is 32.3 Å². The molecule has 3 heteroatoms. The van der Waals surface area contributed by atoms with Crippen LogP contribution >= 0.6 is 0 Å². The van der Waals surface area contributed by atoms with Gasteiger partial charge in [0.15, 0.2) is 0 Å². The van der Waals surface area contributed by atoms with Gasteiger partial charge in [0.25, 0.3) is 0 Å². The fourth-order valence-corrected chi connectivity index (χ4v) is 2.17. The number of amides is 1. The number of carbonyl (C=O) groups excluding carboxylic acids is 1. The SMILES string of the molecule is CCc1ccc(NC(=O)CN2CCCC2)cc1. The van der Waals surface area contributed by atoms with Crippen molar-refractivity contribution in [2.75, 3.05) is 25.0 Å². The van der Waals surface area contributed by atoms with E-state index in [-0.39, 0.29) is 5.91 Å². The fraction of sp³-hybridized carbons (Fsp3) is 0.500. The molecule has 0 unspecified atom stereocenters. The molecule has 3 nitrogen and oxygen atoms in total. The van der Waals surface area contributed by atoms with Crippen LogP contribution in [-0.4, -0.2) is 30.4 Å². The van der Waals surface area contributed by atoms with E-state index in [0.717, 1.165) is 25.2 Å². The molecular formula is C14H20N2O. The monoisotopic (exact) mass is 232 g/mol. The van der Waals surface area contributed by atoms with Gasteiger partial charge in [-0.2, -0.15) is 0 Å². The van der Waals surface area contributed by atoms with Gasteiger partial charge in [-0.1, -0.05) is 19.1 Å². The normalized spacial score (nSPS) is 16.1. The Morgan fingerprint density at radius 2 is 1.88 bits per heavy atom. The number of likely N-dealkylation sites (tertiary alicyclic amines) is 1. The number of hydrogen-bond acceptors (Lipinski definition) is 2. The molecule has 1 N–H and O–H groups in total. The number of benzene rings is 1. The van der Waals surface area contributed by atoms with Gasteiger partial charge >= 0.3 is 0 Å². The zero-order valence-corrected chi connectivity index (χ0v) is 10.4. The van der Waals surface area contributed by atoms with Gasteiger partial charge in [0.2, 0.25) is 5.91 Å². The van der Waals surface area contributed by atoms with Crippen LogP contribution in [0.1, 0.15) is 25.3 Å². The summed E-state index contributed by atoms with van der Waals surface area (Å²) in [6.07, 6.45) is 3.47. The van der Waals surface area contributed by atoms with Crippen LogP contribution in [0.15, 0.2) is 24.3 Å². The molecule has 0 aliphatic carbocycles. The maximum atomic E-state index is 11.8. The molecular weight excluding hydrogens is 212 g/mol. The fourth-order valence-electron chi connectivity index (χ4n) is 2.17. The van der Waals surface area contributed by atoms with Gasteiger partial charge in [-0.3, -0.25) is 9.69 Å².